The molecule has 0 amide bonds. The predicted octanol–water partition coefficient (Wildman–Crippen LogP) is 4.45. The van der Waals surface area contributed by atoms with E-state index in [1.165, 1.54) is 11.3 Å². The zero-order valence-corrected chi connectivity index (χ0v) is 16.3. The second-order valence-electron chi connectivity index (χ2n) is 6.25. The van der Waals surface area contributed by atoms with Gasteiger partial charge in [0.05, 0.1) is 24.6 Å². The van der Waals surface area contributed by atoms with Gasteiger partial charge in [-0.25, -0.2) is 0 Å². The van der Waals surface area contributed by atoms with Crippen molar-refractivity contribution >= 4 is 28.9 Å². The molecule has 2 aromatic rings. The lowest BCUT2D eigenvalue weighted by molar-refractivity contribution is -0.145. The lowest BCUT2D eigenvalue weighted by atomic mass is 9.95. The Labute approximate surface area is 162 Å². The Hall–Kier alpha value is -1.76. The second kappa shape index (κ2) is 8.29. The number of thiophene rings is 1. The lowest BCUT2D eigenvalue weighted by Crippen LogP contribution is -2.46. The SMILES string of the molecule is COc1ccc(C(c2ccc(Cl)s2)N2CCCCC2C(=O)O)cc1OC. The Morgan fingerprint density at radius 1 is 1.23 bits per heavy atom. The highest BCUT2D eigenvalue weighted by Crippen LogP contribution is 2.41. The molecule has 5 nitrogen and oxygen atoms in total. The highest BCUT2D eigenvalue weighted by molar-refractivity contribution is 7.16. The number of ether oxygens (including phenoxy) is 2. The number of nitrogens with zero attached hydrogens (tertiary/aromatic N) is 1. The maximum atomic E-state index is 11.9. The van der Waals surface area contributed by atoms with Crippen molar-refractivity contribution in [1.82, 2.24) is 4.90 Å². The summed E-state index contributed by atoms with van der Waals surface area (Å²) in [5, 5.41) is 9.73. The summed E-state index contributed by atoms with van der Waals surface area (Å²) in [6.45, 7) is 0.728. The highest BCUT2D eigenvalue weighted by atomic mass is 35.5. The molecular formula is C19H22ClNO4S. The van der Waals surface area contributed by atoms with E-state index in [4.69, 9.17) is 21.1 Å². The smallest absolute Gasteiger partial charge is 0.320 e. The van der Waals surface area contributed by atoms with Crippen LogP contribution in [0.5, 0.6) is 11.5 Å². The van der Waals surface area contributed by atoms with E-state index in [2.05, 4.69) is 4.90 Å². The maximum Gasteiger partial charge on any atom is 0.320 e. The van der Waals surface area contributed by atoms with E-state index in [9.17, 15) is 9.90 Å². The van der Waals surface area contributed by atoms with Gasteiger partial charge in [0.2, 0.25) is 0 Å². The first-order valence-electron chi connectivity index (χ1n) is 8.51. The van der Waals surface area contributed by atoms with Crippen LogP contribution in [0.15, 0.2) is 30.3 Å². The first-order valence-corrected chi connectivity index (χ1v) is 9.70. The van der Waals surface area contributed by atoms with Crippen LogP contribution in [-0.4, -0.2) is 42.8 Å². The number of hydrogen-bond acceptors (Lipinski definition) is 5. The van der Waals surface area contributed by atoms with Gasteiger partial charge in [0.1, 0.15) is 6.04 Å². The van der Waals surface area contributed by atoms with Crippen molar-refractivity contribution in [3.8, 4) is 11.5 Å². The number of hydrogen-bond donors (Lipinski definition) is 1. The van der Waals surface area contributed by atoms with Crippen molar-refractivity contribution in [2.24, 2.45) is 0 Å². The Morgan fingerprint density at radius 3 is 2.62 bits per heavy atom. The Balaban J connectivity index is 2.08. The summed E-state index contributed by atoms with van der Waals surface area (Å²) in [5.41, 5.74) is 0.967. The molecule has 2 heterocycles. The Bertz CT molecular complexity index is 779. The molecule has 1 aliphatic rings. The quantitative estimate of drug-likeness (QED) is 0.783. The molecule has 1 aromatic carbocycles. The molecule has 0 saturated carbocycles. The van der Waals surface area contributed by atoms with Crippen molar-refractivity contribution in [1.29, 1.82) is 0 Å². The van der Waals surface area contributed by atoms with Crippen molar-refractivity contribution in [2.45, 2.75) is 31.3 Å². The molecule has 140 valence electrons. The number of carboxylic acids is 1. The van der Waals surface area contributed by atoms with Crippen LogP contribution in [0.25, 0.3) is 0 Å². The van der Waals surface area contributed by atoms with Gasteiger partial charge in [0, 0.05) is 4.88 Å². The largest absolute Gasteiger partial charge is 0.493 e. The Morgan fingerprint density at radius 2 is 2.00 bits per heavy atom. The average Bonchev–Trinajstić information content (AvgIpc) is 3.08. The topological polar surface area (TPSA) is 59.0 Å². The number of piperidine rings is 1. The summed E-state index contributed by atoms with van der Waals surface area (Å²) in [5.74, 6) is 0.493. The van der Waals surface area contributed by atoms with Crippen LogP contribution in [-0.2, 0) is 4.79 Å². The minimum absolute atomic E-state index is 0.186. The molecule has 0 aliphatic carbocycles. The maximum absolute atomic E-state index is 11.9. The van der Waals surface area contributed by atoms with Crippen molar-refractivity contribution in [3.63, 3.8) is 0 Å². The average molecular weight is 396 g/mol. The van der Waals surface area contributed by atoms with E-state index < -0.39 is 12.0 Å². The standard InChI is InChI=1S/C19H22ClNO4S/c1-24-14-7-6-12(11-15(14)25-2)18(16-8-9-17(20)26-16)21-10-4-3-5-13(21)19(22)23/h6-9,11,13,18H,3-5,10H2,1-2H3,(H,22,23). The molecule has 2 atom stereocenters. The number of halogens is 1. The third-order valence-electron chi connectivity index (χ3n) is 4.75. The lowest BCUT2D eigenvalue weighted by Gasteiger charge is -2.39. The molecule has 0 spiro atoms. The number of methoxy groups -OCH3 is 2. The third kappa shape index (κ3) is 3.82. The number of benzene rings is 1. The molecule has 7 heteroatoms. The van der Waals surface area contributed by atoms with Gasteiger partial charge in [-0.3, -0.25) is 9.69 Å². The third-order valence-corrected chi connectivity index (χ3v) is 6.03. The number of rotatable bonds is 6. The van der Waals surface area contributed by atoms with Crippen LogP contribution in [0.3, 0.4) is 0 Å². The fourth-order valence-electron chi connectivity index (χ4n) is 3.55. The summed E-state index contributed by atoms with van der Waals surface area (Å²) < 4.78 is 11.5. The molecule has 1 saturated heterocycles. The van der Waals surface area contributed by atoms with Gasteiger partial charge in [-0.15, -0.1) is 11.3 Å². The molecular weight excluding hydrogens is 374 g/mol. The second-order valence-corrected chi connectivity index (χ2v) is 7.99. The van der Waals surface area contributed by atoms with Gasteiger partial charge in [-0.2, -0.15) is 0 Å². The van der Waals surface area contributed by atoms with E-state index in [1.54, 1.807) is 14.2 Å². The summed E-state index contributed by atoms with van der Waals surface area (Å²) in [6, 6.07) is 8.88. The summed E-state index contributed by atoms with van der Waals surface area (Å²) in [7, 11) is 3.19. The predicted molar refractivity (Wildman–Crippen MR) is 103 cm³/mol. The fraction of sp³-hybridized carbons (Fsp3) is 0.421. The van der Waals surface area contributed by atoms with Crippen molar-refractivity contribution in [3.05, 3.63) is 45.1 Å². The number of carbonyl (C=O) groups is 1. The molecule has 0 bridgehead atoms. The van der Waals surface area contributed by atoms with Crippen LogP contribution in [0.2, 0.25) is 4.34 Å². The van der Waals surface area contributed by atoms with Gasteiger partial charge < -0.3 is 14.6 Å². The highest BCUT2D eigenvalue weighted by Gasteiger charge is 2.36. The first-order chi connectivity index (χ1) is 12.5. The van der Waals surface area contributed by atoms with Gasteiger partial charge >= 0.3 is 5.97 Å². The van der Waals surface area contributed by atoms with Gasteiger partial charge in [0.15, 0.2) is 11.5 Å². The molecule has 1 aromatic heterocycles. The van der Waals surface area contributed by atoms with Crippen LogP contribution >= 0.6 is 22.9 Å². The van der Waals surface area contributed by atoms with E-state index >= 15 is 0 Å². The zero-order chi connectivity index (χ0) is 18.7. The molecule has 26 heavy (non-hydrogen) atoms. The zero-order valence-electron chi connectivity index (χ0n) is 14.8. The summed E-state index contributed by atoms with van der Waals surface area (Å²) in [6.07, 6.45) is 2.56. The number of aliphatic carboxylic acids is 1. The monoisotopic (exact) mass is 395 g/mol. The number of likely N-dealkylation sites (tertiary alicyclic amines) is 1. The molecule has 1 N–H and O–H groups in total. The molecule has 1 fully saturated rings. The first kappa shape index (κ1) is 19.0. The van der Waals surface area contributed by atoms with E-state index in [0.717, 1.165) is 29.8 Å². The molecule has 2 unspecified atom stereocenters. The summed E-state index contributed by atoms with van der Waals surface area (Å²) >= 11 is 7.66. The summed E-state index contributed by atoms with van der Waals surface area (Å²) in [4.78, 5) is 14.9. The van der Waals surface area contributed by atoms with Gasteiger partial charge in [-0.1, -0.05) is 24.1 Å². The van der Waals surface area contributed by atoms with E-state index in [0.29, 0.717) is 22.3 Å². The van der Waals surface area contributed by atoms with E-state index in [1.807, 2.05) is 30.3 Å². The van der Waals surface area contributed by atoms with Crippen LogP contribution in [0.4, 0.5) is 0 Å². The van der Waals surface area contributed by atoms with Gasteiger partial charge in [0.25, 0.3) is 0 Å². The fourth-order valence-corrected chi connectivity index (χ4v) is 4.76. The van der Waals surface area contributed by atoms with Crippen LogP contribution in [0, 0.1) is 0 Å². The van der Waals surface area contributed by atoms with Gasteiger partial charge in [-0.05, 0) is 49.2 Å². The molecule has 0 radical (unpaired) electrons. The molecule has 1 aliphatic heterocycles. The minimum Gasteiger partial charge on any atom is -0.493 e. The Kier molecular flexibility index (Phi) is 6.06. The van der Waals surface area contributed by atoms with Crippen LogP contribution in [0.1, 0.15) is 35.7 Å². The van der Waals surface area contributed by atoms with Crippen molar-refractivity contribution < 1.29 is 19.4 Å². The normalized spacial score (nSPS) is 19.1. The van der Waals surface area contributed by atoms with Crippen LogP contribution < -0.4 is 9.47 Å². The van der Waals surface area contributed by atoms with Crippen molar-refractivity contribution in [2.75, 3.05) is 20.8 Å². The van der Waals surface area contributed by atoms with E-state index in [-0.39, 0.29) is 6.04 Å². The number of carboxylic acid groups (broad SMARTS) is 1. The minimum atomic E-state index is -0.780. The molecule has 3 rings (SSSR count).